The van der Waals surface area contributed by atoms with Crippen molar-refractivity contribution >= 4 is 34.0 Å². The number of fused-ring (bicyclic) bond motifs is 1. The second-order valence-corrected chi connectivity index (χ2v) is 9.33. The number of hydrogen-bond acceptors (Lipinski definition) is 4. The molecule has 188 valence electrons. The highest BCUT2D eigenvalue weighted by Gasteiger charge is 2.48. The molecule has 3 aromatic carbocycles. The van der Waals surface area contributed by atoms with Gasteiger partial charge in [0.05, 0.1) is 18.2 Å². The van der Waals surface area contributed by atoms with Crippen LogP contribution in [0.15, 0.2) is 84.6 Å². The number of carbonyl (C=O) groups excluding carboxylic acids is 2. The van der Waals surface area contributed by atoms with Crippen LogP contribution in [-0.4, -0.2) is 28.4 Å². The molecule has 6 heteroatoms. The zero-order valence-corrected chi connectivity index (χ0v) is 21.0. The number of anilines is 1. The van der Waals surface area contributed by atoms with Gasteiger partial charge in [-0.05, 0) is 55.3 Å². The molecular formula is C31H30N2O4. The number of nitrogens with one attached hydrogen (secondary N) is 1. The van der Waals surface area contributed by atoms with Gasteiger partial charge >= 0.3 is 0 Å². The minimum atomic E-state index is -0.790. The lowest BCUT2D eigenvalue weighted by atomic mass is 9.94. The molecule has 1 saturated heterocycles. The van der Waals surface area contributed by atoms with E-state index in [1.165, 1.54) is 4.90 Å². The number of hydrogen-bond donors (Lipinski definition) is 2. The van der Waals surface area contributed by atoms with Gasteiger partial charge in [0, 0.05) is 33.9 Å². The predicted octanol–water partition coefficient (Wildman–Crippen LogP) is 6.67. The van der Waals surface area contributed by atoms with Gasteiger partial charge in [-0.1, -0.05) is 56.2 Å². The molecule has 0 aliphatic carbocycles. The smallest absolute Gasteiger partial charge is 0.300 e. The van der Waals surface area contributed by atoms with Crippen LogP contribution < -0.4 is 9.64 Å². The molecule has 37 heavy (non-hydrogen) atoms. The third-order valence-corrected chi connectivity index (χ3v) is 6.88. The fraction of sp³-hybridized carbons (Fsp3) is 0.226. The molecule has 0 bridgehead atoms. The Hall–Kier alpha value is -4.32. The quantitative estimate of drug-likeness (QED) is 0.124. The van der Waals surface area contributed by atoms with Crippen molar-refractivity contribution in [1.82, 2.24) is 4.98 Å². The molecule has 1 aliphatic heterocycles. The van der Waals surface area contributed by atoms with Crippen molar-refractivity contribution in [1.29, 1.82) is 0 Å². The first kappa shape index (κ1) is 24.4. The number of para-hydroxylation sites is 2. The molecule has 1 amide bonds. The number of aliphatic hydroxyl groups excluding tert-OH is 1. The molecule has 6 nitrogen and oxygen atoms in total. The zero-order chi connectivity index (χ0) is 25.9. The van der Waals surface area contributed by atoms with Crippen LogP contribution in [0.4, 0.5) is 5.69 Å². The monoisotopic (exact) mass is 494 g/mol. The molecule has 0 spiro atoms. The summed E-state index contributed by atoms with van der Waals surface area (Å²) in [5.41, 5.74) is 3.64. The Kier molecular flexibility index (Phi) is 6.82. The number of aromatic nitrogens is 1. The molecule has 0 radical (unpaired) electrons. The maximum absolute atomic E-state index is 13.5. The van der Waals surface area contributed by atoms with Crippen molar-refractivity contribution in [3.8, 4) is 5.75 Å². The van der Waals surface area contributed by atoms with Gasteiger partial charge in [0.15, 0.2) is 0 Å². The Balaban J connectivity index is 1.61. The van der Waals surface area contributed by atoms with Crippen LogP contribution in [0.1, 0.15) is 48.9 Å². The standard InChI is InChI=1S/C31H30N2O4/c1-3-4-9-18-37-22-16-14-21(15-17-22)29(34)27-28(24-19-32-25-12-7-6-11-23(24)25)33(31(36)30(27)35)26-13-8-5-10-20(26)2/h5-8,10-17,19,28,32,34H,3-4,9,18H2,1-2H3/b29-27+. The average molecular weight is 495 g/mol. The van der Waals surface area contributed by atoms with Crippen molar-refractivity contribution in [3.05, 3.63) is 101 Å². The van der Waals surface area contributed by atoms with E-state index in [1.807, 2.05) is 61.7 Å². The fourth-order valence-electron chi connectivity index (χ4n) is 4.94. The van der Waals surface area contributed by atoms with Gasteiger partial charge in [0.1, 0.15) is 11.5 Å². The lowest BCUT2D eigenvalue weighted by Crippen LogP contribution is -2.30. The first-order valence-electron chi connectivity index (χ1n) is 12.7. The van der Waals surface area contributed by atoms with E-state index in [2.05, 4.69) is 11.9 Å². The molecule has 1 aliphatic rings. The van der Waals surface area contributed by atoms with Gasteiger partial charge in [0.2, 0.25) is 0 Å². The van der Waals surface area contributed by atoms with Gasteiger partial charge in [-0.2, -0.15) is 0 Å². The number of ether oxygens (including phenoxy) is 1. The van der Waals surface area contributed by atoms with Gasteiger partial charge < -0.3 is 14.8 Å². The number of amides is 1. The van der Waals surface area contributed by atoms with Crippen LogP contribution in [0.2, 0.25) is 0 Å². The topological polar surface area (TPSA) is 82.6 Å². The number of ketones is 1. The molecule has 2 heterocycles. The van der Waals surface area contributed by atoms with Gasteiger partial charge in [0.25, 0.3) is 11.7 Å². The molecule has 5 rings (SSSR count). The van der Waals surface area contributed by atoms with Gasteiger partial charge in [-0.25, -0.2) is 0 Å². The first-order chi connectivity index (χ1) is 18.0. The summed E-state index contributed by atoms with van der Waals surface area (Å²) in [5, 5.41) is 12.3. The SMILES string of the molecule is CCCCCOc1ccc(/C(O)=C2\C(=O)C(=O)N(c3ccccc3C)C2c2c[nH]c3ccccc23)cc1. The highest BCUT2D eigenvalue weighted by Crippen LogP contribution is 2.45. The first-order valence-corrected chi connectivity index (χ1v) is 12.7. The molecule has 1 fully saturated rings. The summed E-state index contributed by atoms with van der Waals surface area (Å²) in [6.45, 7) is 4.67. The summed E-state index contributed by atoms with van der Waals surface area (Å²) in [4.78, 5) is 31.7. The third-order valence-electron chi connectivity index (χ3n) is 6.88. The number of aromatic amines is 1. The lowest BCUT2D eigenvalue weighted by Gasteiger charge is -2.26. The van der Waals surface area contributed by atoms with Crippen LogP contribution in [0.3, 0.4) is 0 Å². The van der Waals surface area contributed by atoms with E-state index in [4.69, 9.17) is 4.74 Å². The Morgan fingerprint density at radius 2 is 1.70 bits per heavy atom. The summed E-state index contributed by atoms with van der Waals surface area (Å²) in [6.07, 6.45) is 5.01. The highest BCUT2D eigenvalue weighted by atomic mass is 16.5. The number of H-pyrrole nitrogens is 1. The van der Waals surface area contributed by atoms with Crippen molar-refractivity contribution in [2.45, 2.75) is 39.2 Å². The average Bonchev–Trinajstić information content (AvgIpc) is 3.45. The van der Waals surface area contributed by atoms with Crippen LogP contribution in [0, 0.1) is 6.92 Å². The maximum atomic E-state index is 13.5. The number of benzene rings is 3. The summed E-state index contributed by atoms with van der Waals surface area (Å²) in [5.74, 6) is -0.888. The Morgan fingerprint density at radius 3 is 2.46 bits per heavy atom. The minimum Gasteiger partial charge on any atom is -0.507 e. The number of carbonyl (C=O) groups is 2. The van der Waals surface area contributed by atoms with Crippen LogP contribution in [0.5, 0.6) is 5.75 Å². The zero-order valence-electron chi connectivity index (χ0n) is 21.0. The van der Waals surface area contributed by atoms with Crippen LogP contribution >= 0.6 is 0 Å². The lowest BCUT2D eigenvalue weighted by molar-refractivity contribution is -0.132. The van der Waals surface area contributed by atoms with Gasteiger partial charge in [-0.15, -0.1) is 0 Å². The molecule has 1 aromatic heterocycles. The molecule has 2 N–H and O–H groups in total. The van der Waals surface area contributed by atoms with E-state index in [0.717, 1.165) is 41.3 Å². The number of aryl methyl sites for hydroxylation is 1. The number of Topliss-reactive ketones (excluding diaryl/α,β-unsaturated/α-hetero) is 1. The normalized spacial score (nSPS) is 17.0. The second-order valence-electron chi connectivity index (χ2n) is 9.33. The summed E-state index contributed by atoms with van der Waals surface area (Å²) in [6, 6.07) is 21.4. The second kappa shape index (κ2) is 10.3. The van der Waals surface area contributed by atoms with Crippen molar-refractivity contribution in [2.24, 2.45) is 0 Å². The number of unbranched alkanes of at least 4 members (excludes halogenated alkanes) is 2. The van der Waals surface area contributed by atoms with E-state index >= 15 is 0 Å². The maximum Gasteiger partial charge on any atom is 0.300 e. The third kappa shape index (κ3) is 4.51. The highest BCUT2D eigenvalue weighted by molar-refractivity contribution is 6.52. The Labute approximate surface area is 216 Å². The molecule has 4 aromatic rings. The molecule has 1 atom stereocenters. The largest absolute Gasteiger partial charge is 0.507 e. The van der Waals surface area contributed by atoms with Crippen molar-refractivity contribution in [2.75, 3.05) is 11.5 Å². The molecule has 1 unspecified atom stereocenters. The molecular weight excluding hydrogens is 464 g/mol. The Morgan fingerprint density at radius 1 is 0.973 bits per heavy atom. The fourth-order valence-corrected chi connectivity index (χ4v) is 4.94. The number of rotatable bonds is 8. The van der Waals surface area contributed by atoms with Gasteiger partial charge in [-0.3, -0.25) is 14.5 Å². The number of nitrogens with zero attached hydrogens (tertiary/aromatic N) is 1. The van der Waals surface area contributed by atoms with E-state index in [-0.39, 0.29) is 11.3 Å². The summed E-state index contributed by atoms with van der Waals surface area (Å²) < 4.78 is 5.79. The van der Waals surface area contributed by atoms with E-state index in [0.29, 0.717) is 23.6 Å². The summed E-state index contributed by atoms with van der Waals surface area (Å²) in [7, 11) is 0. The van der Waals surface area contributed by atoms with E-state index < -0.39 is 17.7 Å². The summed E-state index contributed by atoms with van der Waals surface area (Å²) >= 11 is 0. The van der Waals surface area contributed by atoms with Crippen molar-refractivity contribution in [3.63, 3.8) is 0 Å². The number of aliphatic hydroxyl groups is 1. The predicted molar refractivity (Wildman–Crippen MR) is 146 cm³/mol. The van der Waals surface area contributed by atoms with E-state index in [9.17, 15) is 14.7 Å². The molecule has 0 saturated carbocycles. The van der Waals surface area contributed by atoms with Crippen LogP contribution in [-0.2, 0) is 9.59 Å². The Bertz CT molecular complexity index is 1480. The minimum absolute atomic E-state index is 0.0645. The van der Waals surface area contributed by atoms with E-state index in [1.54, 1.807) is 24.3 Å². The van der Waals surface area contributed by atoms with Crippen LogP contribution in [0.25, 0.3) is 16.7 Å². The van der Waals surface area contributed by atoms with Crippen molar-refractivity contribution < 1.29 is 19.4 Å².